The van der Waals surface area contributed by atoms with Crippen LogP contribution in [0.1, 0.15) is 26.7 Å². The summed E-state index contributed by atoms with van der Waals surface area (Å²) in [5.41, 5.74) is -0.555. The molecule has 0 aromatic carbocycles. The summed E-state index contributed by atoms with van der Waals surface area (Å²) in [4.78, 5) is 14.2. The standard InChI is InChI=1S/C11H20N2O2/c1-9(2)13-6-7-15-11(10(13)14)4-3-5-12-8-11/h9,12H,3-8H2,1-2H3/t11-/m0/s1. The van der Waals surface area contributed by atoms with Gasteiger partial charge < -0.3 is 15.0 Å². The first-order chi connectivity index (χ1) is 7.16. The molecule has 0 bridgehead atoms. The number of nitrogens with zero attached hydrogens (tertiary/aromatic N) is 1. The number of rotatable bonds is 1. The van der Waals surface area contributed by atoms with Crippen LogP contribution in [0.5, 0.6) is 0 Å². The smallest absolute Gasteiger partial charge is 0.256 e. The zero-order chi connectivity index (χ0) is 10.9. The maximum Gasteiger partial charge on any atom is 0.256 e. The van der Waals surface area contributed by atoms with Gasteiger partial charge in [0.1, 0.15) is 0 Å². The van der Waals surface area contributed by atoms with Gasteiger partial charge in [-0.05, 0) is 33.2 Å². The number of carbonyl (C=O) groups excluding carboxylic acids is 1. The fourth-order valence-corrected chi connectivity index (χ4v) is 2.44. The molecule has 2 aliphatic rings. The number of morpholine rings is 1. The van der Waals surface area contributed by atoms with E-state index in [1.54, 1.807) is 0 Å². The molecule has 2 fully saturated rings. The van der Waals surface area contributed by atoms with E-state index in [0.29, 0.717) is 13.2 Å². The van der Waals surface area contributed by atoms with E-state index in [9.17, 15) is 4.79 Å². The van der Waals surface area contributed by atoms with E-state index in [1.807, 2.05) is 4.90 Å². The van der Waals surface area contributed by atoms with Crippen molar-refractivity contribution >= 4 is 5.91 Å². The fraction of sp³-hybridized carbons (Fsp3) is 0.909. The van der Waals surface area contributed by atoms with Crippen molar-refractivity contribution in [1.82, 2.24) is 10.2 Å². The Kier molecular flexibility index (Phi) is 2.98. The highest BCUT2D eigenvalue weighted by atomic mass is 16.5. The molecule has 4 heteroatoms. The van der Waals surface area contributed by atoms with E-state index in [1.165, 1.54) is 0 Å². The van der Waals surface area contributed by atoms with Gasteiger partial charge in [0, 0.05) is 19.1 Å². The van der Waals surface area contributed by atoms with Crippen LogP contribution in [-0.4, -0.2) is 48.7 Å². The van der Waals surface area contributed by atoms with Crippen LogP contribution in [0, 0.1) is 0 Å². The van der Waals surface area contributed by atoms with Crippen LogP contribution in [-0.2, 0) is 9.53 Å². The van der Waals surface area contributed by atoms with Crippen molar-refractivity contribution in [2.75, 3.05) is 26.2 Å². The number of hydrogen-bond acceptors (Lipinski definition) is 3. The molecule has 0 unspecified atom stereocenters. The number of piperidine rings is 1. The van der Waals surface area contributed by atoms with E-state index in [4.69, 9.17) is 4.74 Å². The fourth-order valence-electron chi connectivity index (χ4n) is 2.44. The Morgan fingerprint density at radius 2 is 2.33 bits per heavy atom. The zero-order valence-electron chi connectivity index (χ0n) is 9.58. The summed E-state index contributed by atoms with van der Waals surface area (Å²) in [6.45, 7) is 7.21. The van der Waals surface area contributed by atoms with E-state index in [2.05, 4.69) is 19.2 Å². The van der Waals surface area contributed by atoms with Crippen LogP contribution >= 0.6 is 0 Å². The molecule has 1 spiro atoms. The minimum atomic E-state index is -0.555. The molecule has 0 saturated carbocycles. The lowest BCUT2D eigenvalue weighted by molar-refractivity contribution is -0.177. The Morgan fingerprint density at radius 1 is 1.53 bits per heavy atom. The van der Waals surface area contributed by atoms with Gasteiger partial charge in [-0.15, -0.1) is 0 Å². The molecule has 1 N–H and O–H groups in total. The Balaban J connectivity index is 2.14. The van der Waals surface area contributed by atoms with Crippen LogP contribution in [0.25, 0.3) is 0 Å². The van der Waals surface area contributed by atoms with Crippen LogP contribution in [0.2, 0.25) is 0 Å². The molecular formula is C11H20N2O2. The largest absolute Gasteiger partial charge is 0.362 e. The summed E-state index contributed by atoms with van der Waals surface area (Å²) in [7, 11) is 0. The molecule has 4 nitrogen and oxygen atoms in total. The highest BCUT2D eigenvalue weighted by Gasteiger charge is 2.46. The summed E-state index contributed by atoms with van der Waals surface area (Å²) in [5.74, 6) is 0.177. The number of nitrogens with one attached hydrogen (secondary N) is 1. The summed E-state index contributed by atoms with van der Waals surface area (Å²) >= 11 is 0. The minimum absolute atomic E-state index is 0.177. The second-order valence-corrected chi connectivity index (χ2v) is 4.72. The quantitative estimate of drug-likeness (QED) is 0.683. The van der Waals surface area contributed by atoms with Crippen molar-refractivity contribution in [2.24, 2.45) is 0 Å². The maximum atomic E-state index is 12.3. The third-order valence-electron chi connectivity index (χ3n) is 3.33. The summed E-state index contributed by atoms with van der Waals surface area (Å²) in [5, 5.41) is 3.26. The molecule has 2 heterocycles. The lowest BCUT2D eigenvalue weighted by atomic mass is 9.90. The van der Waals surface area contributed by atoms with Gasteiger partial charge in [-0.3, -0.25) is 4.79 Å². The first-order valence-corrected chi connectivity index (χ1v) is 5.81. The number of hydrogen-bond donors (Lipinski definition) is 1. The highest BCUT2D eigenvalue weighted by Crippen LogP contribution is 2.27. The second kappa shape index (κ2) is 4.10. The Labute approximate surface area is 91.0 Å². The van der Waals surface area contributed by atoms with Crippen molar-refractivity contribution in [3.05, 3.63) is 0 Å². The molecule has 0 aromatic heterocycles. The molecule has 2 rings (SSSR count). The first kappa shape index (κ1) is 10.9. The third kappa shape index (κ3) is 1.88. The lowest BCUT2D eigenvalue weighted by Crippen LogP contribution is -2.63. The van der Waals surface area contributed by atoms with Crippen molar-refractivity contribution in [1.29, 1.82) is 0 Å². The van der Waals surface area contributed by atoms with Crippen molar-refractivity contribution in [3.63, 3.8) is 0 Å². The Bertz CT molecular complexity index is 241. The summed E-state index contributed by atoms with van der Waals surface area (Å²) < 4.78 is 5.75. The van der Waals surface area contributed by atoms with Crippen molar-refractivity contribution in [2.45, 2.75) is 38.3 Å². The average molecular weight is 212 g/mol. The third-order valence-corrected chi connectivity index (χ3v) is 3.33. The number of amides is 1. The molecule has 1 atom stereocenters. The van der Waals surface area contributed by atoms with Crippen molar-refractivity contribution < 1.29 is 9.53 Å². The highest BCUT2D eigenvalue weighted by molar-refractivity contribution is 5.86. The molecule has 0 aliphatic carbocycles. The van der Waals surface area contributed by atoms with Crippen LogP contribution in [0.3, 0.4) is 0 Å². The Morgan fingerprint density at radius 3 is 2.93 bits per heavy atom. The van der Waals surface area contributed by atoms with E-state index < -0.39 is 5.60 Å². The average Bonchev–Trinajstić information content (AvgIpc) is 2.23. The molecule has 2 aliphatic heterocycles. The topological polar surface area (TPSA) is 41.6 Å². The van der Waals surface area contributed by atoms with Gasteiger partial charge >= 0.3 is 0 Å². The molecule has 86 valence electrons. The Hall–Kier alpha value is -0.610. The molecule has 15 heavy (non-hydrogen) atoms. The minimum Gasteiger partial charge on any atom is -0.362 e. The second-order valence-electron chi connectivity index (χ2n) is 4.72. The summed E-state index contributed by atoms with van der Waals surface area (Å²) in [6.07, 6.45) is 1.89. The molecule has 1 amide bonds. The molecular weight excluding hydrogens is 192 g/mol. The number of carbonyl (C=O) groups is 1. The van der Waals surface area contributed by atoms with E-state index in [-0.39, 0.29) is 11.9 Å². The van der Waals surface area contributed by atoms with Gasteiger partial charge in [0.15, 0.2) is 5.60 Å². The maximum absolute atomic E-state index is 12.3. The van der Waals surface area contributed by atoms with E-state index >= 15 is 0 Å². The van der Waals surface area contributed by atoms with Gasteiger partial charge in [0.2, 0.25) is 0 Å². The normalized spacial score (nSPS) is 32.7. The first-order valence-electron chi connectivity index (χ1n) is 5.81. The van der Waals surface area contributed by atoms with Crippen LogP contribution in [0.4, 0.5) is 0 Å². The molecule has 0 radical (unpaired) electrons. The zero-order valence-corrected chi connectivity index (χ0v) is 9.58. The van der Waals surface area contributed by atoms with Crippen molar-refractivity contribution in [3.8, 4) is 0 Å². The molecule has 0 aromatic rings. The SMILES string of the molecule is CC(C)N1CCO[C@]2(CCCNC2)C1=O. The van der Waals surface area contributed by atoms with E-state index in [0.717, 1.165) is 25.9 Å². The summed E-state index contributed by atoms with van der Waals surface area (Å²) in [6, 6.07) is 0.278. The predicted octanol–water partition coefficient (Wildman–Crippen LogP) is 0.376. The lowest BCUT2D eigenvalue weighted by Gasteiger charge is -2.45. The van der Waals surface area contributed by atoms with Gasteiger partial charge in [0.25, 0.3) is 5.91 Å². The van der Waals surface area contributed by atoms with Gasteiger partial charge in [0.05, 0.1) is 6.61 Å². The van der Waals surface area contributed by atoms with Crippen LogP contribution in [0.15, 0.2) is 0 Å². The van der Waals surface area contributed by atoms with Gasteiger partial charge in [-0.1, -0.05) is 0 Å². The molecule has 2 saturated heterocycles. The van der Waals surface area contributed by atoms with Gasteiger partial charge in [-0.25, -0.2) is 0 Å². The number of ether oxygens (including phenoxy) is 1. The van der Waals surface area contributed by atoms with Gasteiger partial charge in [-0.2, -0.15) is 0 Å². The predicted molar refractivity (Wildman–Crippen MR) is 57.6 cm³/mol. The van der Waals surface area contributed by atoms with Crippen LogP contribution < -0.4 is 5.32 Å². The monoisotopic (exact) mass is 212 g/mol.